The lowest BCUT2D eigenvalue weighted by molar-refractivity contribution is -0.137. The number of alkyl halides is 3. The quantitative estimate of drug-likeness (QED) is 0.832. The molecule has 3 nitrogen and oxygen atoms in total. The molecular weight excluding hydrogens is 327 g/mol. The minimum Gasteiger partial charge on any atom is -0.387 e. The number of hydrogen-bond donors (Lipinski definition) is 2. The number of aliphatic hydroxyl groups is 1. The van der Waals surface area contributed by atoms with E-state index >= 15 is 0 Å². The second kappa shape index (κ2) is 6.73. The van der Waals surface area contributed by atoms with Gasteiger partial charge in [-0.2, -0.15) is 24.9 Å². The predicted molar refractivity (Wildman–Crippen MR) is 84.3 cm³/mol. The largest absolute Gasteiger partial charge is 0.416 e. The van der Waals surface area contributed by atoms with Crippen molar-refractivity contribution < 1.29 is 23.1 Å². The molecule has 1 aliphatic carbocycles. The van der Waals surface area contributed by atoms with Crippen LogP contribution in [0.4, 0.5) is 13.2 Å². The number of thioether (sulfide) groups is 1. The molecule has 3 atom stereocenters. The smallest absolute Gasteiger partial charge is 0.387 e. The summed E-state index contributed by atoms with van der Waals surface area (Å²) in [7, 11) is 0. The topological polar surface area (TPSA) is 49.3 Å². The molecule has 2 N–H and O–H groups in total. The molecule has 128 valence electrons. The molecule has 1 aliphatic rings. The van der Waals surface area contributed by atoms with E-state index in [-0.39, 0.29) is 24.3 Å². The molecule has 0 saturated heterocycles. The number of nitrogens with one attached hydrogen (secondary N) is 1. The Hall–Kier alpha value is -1.21. The van der Waals surface area contributed by atoms with E-state index in [2.05, 4.69) is 5.32 Å². The molecule has 7 heteroatoms. The molecule has 2 rings (SSSR count). The van der Waals surface area contributed by atoms with Crippen LogP contribution in [0.25, 0.3) is 0 Å². The van der Waals surface area contributed by atoms with Crippen molar-refractivity contribution >= 4 is 17.7 Å². The first kappa shape index (κ1) is 18.1. The monoisotopic (exact) mass is 347 g/mol. The molecule has 1 aromatic rings. The molecular formula is C16H20F3NO2S. The Balaban J connectivity index is 1.88. The third-order valence-electron chi connectivity index (χ3n) is 3.89. The zero-order chi connectivity index (χ0) is 17.3. The van der Waals surface area contributed by atoms with Crippen molar-refractivity contribution in [2.45, 2.75) is 31.0 Å². The maximum absolute atomic E-state index is 12.5. The van der Waals surface area contributed by atoms with E-state index < -0.39 is 17.3 Å². The Morgan fingerprint density at radius 1 is 1.35 bits per heavy atom. The Morgan fingerprint density at radius 3 is 2.48 bits per heavy atom. The summed E-state index contributed by atoms with van der Waals surface area (Å²) in [6.07, 6.45) is -1.85. The lowest BCUT2D eigenvalue weighted by Gasteiger charge is -2.22. The van der Waals surface area contributed by atoms with E-state index in [1.54, 1.807) is 6.92 Å². The van der Waals surface area contributed by atoms with Gasteiger partial charge in [0.15, 0.2) is 0 Å². The van der Waals surface area contributed by atoms with Crippen molar-refractivity contribution in [3.63, 3.8) is 0 Å². The highest BCUT2D eigenvalue weighted by molar-refractivity contribution is 7.98. The van der Waals surface area contributed by atoms with Crippen LogP contribution in [-0.4, -0.2) is 35.2 Å². The Bertz CT molecular complexity index is 557. The normalized spacial score (nSPS) is 23.2. The van der Waals surface area contributed by atoms with Crippen LogP contribution in [0.15, 0.2) is 24.3 Å². The van der Waals surface area contributed by atoms with Crippen molar-refractivity contribution in [1.82, 2.24) is 5.32 Å². The molecule has 23 heavy (non-hydrogen) atoms. The summed E-state index contributed by atoms with van der Waals surface area (Å²) in [5.74, 6) is 0.0937. The molecule has 0 spiro atoms. The van der Waals surface area contributed by atoms with E-state index in [4.69, 9.17) is 0 Å². The van der Waals surface area contributed by atoms with E-state index in [0.717, 1.165) is 17.7 Å². The van der Waals surface area contributed by atoms with Gasteiger partial charge in [0, 0.05) is 18.2 Å². The second-order valence-corrected chi connectivity index (χ2v) is 7.08. The van der Waals surface area contributed by atoms with E-state index in [0.29, 0.717) is 12.2 Å². The molecule has 1 amide bonds. The van der Waals surface area contributed by atoms with Gasteiger partial charge in [-0.25, -0.2) is 0 Å². The highest BCUT2D eigenvalue weighted by Crippen LogP contribution is 2.48. The molecule has 1 saturated carbocycles. The zero-order valence-corrected chi connectivity index (χ0v) is 13.8. The summed E-state index contributed by atoms with van der Waals surface area (Å²) in [4.78, 5) is 12.1. The number of benzene rings is 1. The standard InChI is InChI=1S/C16H20F3NO2S/c1-15(22,9-23-2)8-20-14(21)13-7-12(13)10-3-5-11(6-4-10)16(17,18)19/h3-6,12-13,22H,7-9H2,1-2H3,(H,20,21). The minimum atomic E-state index is -4.35. The fourth-order valence-corrected chi connectivity index (χ4v) is 3.27. The first-order valence-corrected chi connectivity index (χ1v) is 8.69. The van der Waals surface area contributed by atoms with Gasteiger partial charge in [-0.15, -0.1) is 0 Å². The molecule has 1 fully saturated rings. The van der Waals surface area contributed by atoms with Crippen molar-refractivity contribution in [3.05, 3.63) is 35.4 Å². The van der Waals surface area contributed by atoms with Crippen molar-refractivity contribution in [1.29, 1.82) is 0 Å². The van der Waals surface area contributed by atoms with Crippen molar-refractivity contribution in [2.75, 3.05) is 18.6 Å². The number of carbonyl (C=O) groups excluding carboxylic acids is 1. The van der Waals surface area contributed by atoms with Gasteiger partial charge in [0.1, 0.15) is 0 Å². The van der Waals surface area contributed by atoms with Crippen LogP contribution in [0.2, 0.25) is 0 Å². The summed E-state index contributed by atoms with van der Waals surface area (Å²) in [6.45, 7) is 1.83. The first-order chi connectivity index (χ1) is 10.6. The van der Waals surface area contributed by atoms with Crippen LogP contribution < -0.4 is 5.32 Å². The van der Waals surface area contributed by atoms with Gasteiger partial charge in [0.25, 0.3) is 0 Å². The molecule has 0 aromatic heterocycles. The SMILES string of the molecule is CSCC(C)(O)CNC(=O)C1CC1c1ccc(C(F)(F)F)cc1. The third kappa shape index (κ3) is 4.88. The predicted octanol–water partition coefficient (Wildman–Crippen LogP) is 3.04. The lowest BCUT2D eigenvalue weighted by Crippen LogP contribution is -2.43. The Labute approximate surface area is 137 Å². The number of amides is 1. The number of carbonyl (C=O) groups is 1. The van der Waals surface area contributed by atoms with Gasteiger partial charge in [-0.3, -0.25) is 4.79 Å². The molecule has 0 heterocycles. The fraction of sp³-hybridized carbons (Fsp3) is 0.562. The minimum absolute atomic E-state index is 0.0391. The zero-order valence-electron chi connectivity index (χ0n) is 13.0. The average Bonchev–Trinajstić information content (AvgIpc) is 3.24. The van der Waals surface area contributed by atoms with Crippen LogP contribution in [-0.2, 0) is 11.0 Å². The van der Waals surface area contributed by atoms with Gasteiger partial charge in [0.05, 0.1) is 11.2 Å². The van der Waals surface area contributed by atoms with Gasteiger partial charge in [-0.05, 0) is 43.2 Å². The molecule has 0 bridgehead atoms. The number of rotatable bonds is 6. The number of hydrogen-bond acceptors (Lipinski definition) is 3. The second-order valence-electron chi connectivity index (χ2n) is 6.22. The van der Waals surface area contributed by atoms with E-state index in [9.17, 15) is 23.1 Å². The molecule has 0 aliphatic heterocycles. The van der Waals surface area contributed by atoms with Crippen LogP contribution >= 0.6 is 11.8 Å². The van der Waals surface area contributed by atoms with Crippen molar-refractivity contribution in [3.8, 4) is 0 Å². The summed E-state index contributed by atoms with van der Waals surface area (Å²) in [5, 5.41) is 12.7. The highest BCUT2D eigenvalue weighted by atomic mass is 32.2. The van der Waals surface area contributed by atoms with Crippen LogP contribution in [0.5, 0.6) is 0 Å². The van der Waals surface area contributed by atoms with Crippen LogP contribution in [0, 0.1) is 5.92 Å². The highest BCUT2D eigenvalue weighted by Gasteiger charge is 2.44. The summed E-state index contributed by atoms with van der Waals surface area (Å²) >= 11 is 1.49. The van der Waals surface area contributed by atoms with E-state index in [1.807, 2.05) is 6.26 Å². The van der Waals surface area contributed by atoms with Crippen LogP contribution in [0.3, 0.4) is 0 Å². The lowest BCUT2D eigenvalue weighted by atomic mass is 10.1. The Morgan fingerprint density at radius 2 is 1.96 bits per heavy atom. The maximum Gasteiger partial charge on any atom is 0.416 e. The van der Waals surface area contributed by atoms with E-state index in [1.165, 1.54) is 23.9 Å². The fourth-order valence-electron chi connectivity index (χ4n) is 2.54. The average molecular weight is 347 g/mol. The van der Waals surface area contributed by atoms with Crippen molar-refractivity contribution in [2.24, 2.45) is 5.92 Å². The summed E-state index contributed by atoms with van der Waals surface area (Å²) < 4.78 is 37.6. The summed E-state index contributed by atoms with van der Waals surface area (Å²) in [6, 6.07) is 4.97. The van der Waals surface area contributed by atoms with Gasteiger partial charge in [0.2, 0.25) is 5.91 Å². The first-order valence-electron chi connectivity index (χ1n) is 7.30. The molecule has 1 aromatic carbocycles. The maximum atomic E-state index is 12.5. The van der Waals surface area contributed by atoms with Gasteiger partial charge < -0.3 is 10.4 Å². The van der Waals surface area contributed by atoms with Gasteiger partial charge >= 0.3 is 6.18 Å². The summed E-state index contributed by atoms with van der Waals surface area (Å²) in [5.41, 5.74) is -0.904. The van der Waals surface area contributed by atoms with Gasteiger partial charge in [-0.1, -0.05) is 12.1 Å². The third-order valence-corrected chi connectivity index (χ3v) is 4.80. The molecule has 0 radical (unpaired) electrons. The van der Waals surface area contributed by atoms with Crippen LogP contribution in [0.1, 0.15) is 30.4 Å². The number of halogens is 3. The molecule has 3 unspecified atom stereocenters. The Kier molecular flexibility index (Phi) is 5.30.